The third-order valence-electron chi connectivity index (χ3n) is 4.09. The van der Waals surface area contributed by atoms with Gasteiger partial charge in [-0.25, -0.2) is 4.79 Å². The van der Waals surface area contributed by atoms with Gasteiger partial charge in [0, 0.05) is 21.9 Å². The number of rotatable bonds is 4. The molecule has 1 aromatic carbocycles. The first-order valence-corrected chi connectivity index (χ1v) is 8.85. The van der Waals surface area contributed by atoms with Crippen LogP contribution < -0.4 is 16.0 Å². The molecule has 0 saturated carbocycles. The summed E-state index contributed by atoms with van der Waals surface area (Å²) in [7, 11) is 0. The molecule has 1 atom stereocenters. The molecule has 3 N–H and O–H groups in total. The quantitative estimate of drug-likeness (QED) is 0.795. The van der Waals surface area contributed by atoms with Crippen molar-refractivity contribution in [1.82, 2.24) is 10.6 Å². The first-order chi connectivity index (χ1) is 11.5. The van der Waals surface area contributed by atoms with Crippen molar-refractivity contribution in [2.24, 2.45) is 0 Å². The number of carbonyl (C=O) groups is 2. The average molecular weight is 343 g/mol. The first-order valence-electron chi connectivity index (χ1n) is 8.03. The van der Waals surface area contributed by atoms with Crippen LogP contribution in [0.4, 0.5) is 10.5 Å². The average Bonchev–Trinajstić information content (AvgIpc) is 2.98. The summed E-state index contributed by atoms with van der Waals surface area (Å²) >= 11 is 1.68. The Balaban J connectivity index is 1.57. The number of anilines is 1. The van der Waals surface area contributed by atoms with Crippen molar-refractivity contribution in [2.75, 3.05) is 5.32 Å². The molecule has 0 radical (unpaired) electrons. The molecule has 0 bridgehead atoms. The van der Waals surface area contributed by atoms with Gasteiger partial charge < -0.3 is 16.0 Å². The summed E-state index contributed by atoms with van der Waals surface area (Å²) in [5.41, 5.74) is 3.03. The zero-order chi connectivity index (χ0) is 17.1. The van der Waals surface area contributed by atoms with Crippen molar-refractivity contribution < 1.29 is 9.59 Å². The lowest BCUT2D eigenvalue weighted by molar-refractivity contribution is -0.116. The second-order valence-corrected chi connectivity index (χ2v) is 7.40. The van der Waals surface area contributed by atoms with Crippen LogP contribution in [-0.2, 0) is 17.8 Å². The Bertz CT molecular complexity index is 769. The van der Waals surface area contributed by atoms with Crippen LogP contribution in [0.25, 0.3) is 0 Å². The maximum absolute atomic E-state index is 12.1. The normalized spacial score (nSPS) is 14.5. The molecule has 6 heteroatoms. The van der Waals surface area contributed by atoms with E-state index in [0.717, 1.165) is 28.1 Å². The summed E-state index contributed by atoms with van der Waals surface area (Å²) < 4.78 is 0. The molecule has 5 nitrogen and oxygen atoms in total. The highest BCUT2D eigenvalue weighted by molar-refractivity contribution is 7.11. The fourth-order valence-electron chi connectivity index (χ4n) is 2.75. The van der Waals surface area contributed by atoms with Gasteiger partial charge >= 0.3 is 6.03 Å². The van der Waals surface area contributed by atoms with Crippen LogP contribution in [0.1, 0.15) is 40.3 Å². The van der Waals surface area contributed by atoms with E-state index in [9.17, 15) is 9.59 Å². The summed E-state index contributed by atoms with van der Waals surface area (Å²) in [5.74, 6) is 0.0598. The fraction of sp³-hybridized carbons (Fsp3) is 0.333. The minimum Gasteiger partial charge on any atom is -0.333 e. The fourth-order valence-corrected chi connectivity index (χ4v) is 3.58. The second kappa shape index (κ2) is 7.05. The Labute approximate surface area is 145 Å². The van der Waals surface area contributed by atoms with Gasteiger partial charge in [-0.15, -0.1) is 11.3 Å². The van der Waals surface area contributed by atoms with Gasteiger partial charge in [-0.05, 0) is 49.6 Å². The van der Waals surface area contributed by atoms with Gasteiger partial charge in [0.25, 0.3) is 0 Å². The van der Waals surface area contributed by atoms with E-state index < -0.39 is 0 Å². The summed E-state index contributed by atoms with van der Waals surface area (Å²) in [6, 6.07) is 9.71. The van der Waals surface area contributed by atoms with Crippen LogP contribution in [0.15, 0.2) is 30.3 Å². The first kappa shape index (κ1) is 16.5. The number of thiophene rings is 1. The van der Waals surface area contributed by atoms with Gasteiger partial charge in [-0.1, -0.05) is 12.1 Å². The Kier molecular flexibility index (Phi) is 4.85. The van der Waals surface area contributed by atoms with Gasteiger partial charge in [0.05, 0.1) is 12.6 Å². The summed E-state index contributed by atoms with van der Waals surface area (Å²) in [6.07, 6.45) is 1.25. The maximum atomic E-state index is 12.1. The molecule has 1 aliphatic rings. The summed E-state index contributed by atoms with van der Waals surface area (Å²) in [5, 5.41) is 8.71. The van der Waals surface area contributed by atoms with Gasteiger partial charge in [0.15, 0.2) is 0 Å². The van der Waals surface area contributed by atoms with E-state index in [2.05, 4.69) is 28.9 Å². The monoisotopic (exact) mass is 343 g/mol. The number of urea groups is 1. The molecule has 3 rings (SSSR count). The minimum absolute atomic E-state index is 0.0598. The Morgan fingerprint density at radius 2 is 2.12 bits per heavy atom. The third kappa shape index (κ3) is 3.94. The molecule has 126 valence electrons. The smallest absolute Gasteiger partial charge is 0.315 e. The Morgan fingerprint density at radius 3 is 2.88 bits per heavy atom. The Morgan fingerprint density at radius 1 is 1.29 bits per heavy atom. The Hall–Kier alpha value is -2.34. The molecule has 2 aromatic rings. The highest BCUT2D eigenvalue weighted by atomic mass is 32.1. The van der Waals surface area contributed by atoms with E-state index in [1.165, 1.54) is 4.88 Å². The topological polar surface area (TPSA) is 70.2 Å². The van der Waals surface area contributed by atoms with Crippen LogP contribution >= 0.6 is 11.3 Å². The van der Waals surface area contributed by atoms with Gasteiger partial charge in [0.1, 0.15) is 0 Å². The van der Waals surface area contributed by atoms with Crippen LogP contribution in [0.5, 0.6) is 0 Å². The van der Waals surface area contributed by atoms with Crippen molar-refractivity contribution >= 4 is 29.0 Å². The highest BCUT2D eigenvalue weighted by Crippen LogP contribution is 2.26. The van der Waals surface area contributed by atoms with E-state index >= 15 is 0 Å². The molecule has 24 heavy (non-hydrogen) atoms. The van der Waals surface area contributed by atoms with Crippen molar-refractivity contribution in [2.45, 2.75) is 39.3 Å². The van der Waals surface area contributed by atoms with E-state index in [4.69, 9.17) is 0 Å². The molecule has 0 fully saturated rings. The van der Waals surface area contributed by atoms with Crippen LogP contribution in [0.2, 0.25) is 0 Å². The number of hydrogen-bond acceptors (Lipinski definition) is 3. The molecule has 2 heterocycles. The van der Waals surface area contributed by atoms with E-state index in [-0.39, 0.29) is 18.0 Å². The molecular formula is C18H21N3O2S. The molecule has 1 aliphatic heterocycles. The summed E-state index contributed by atoms with van der Waals surface area (Å²) in [6.45, 7) is 4.54. The van der Waals surface area contributed by atoms with Crippen LogP contribution in [-0.4, -0.2) is 11.9 Å². The minimum atomic E-state index is -0.181. The van der Waals surface area contributed by atoms with E-state index in [0.29, 0.717) is 13.0 Å². The molecular weight excluding hydrogens is 322 g/mol. The van der Waals surface area contributed by atoms with E-state index in [1.54, 1.807) is 11.3 Å². The molecule has 0 aliphatic carbocycles. The maximum Gasteiger partial charge on any atom is 0.315 e. The van der Waals surface area contributed by atoms with Gasteiger partial charge in [0.2, 0.25) is 5.91 Å². The SMILES string of the molecule is Cc1ccc(CNC(=O)N[C@H](C)c2ccc3c(c2)CCC(=O)N3)s1. The van der Waals surface area contributed by atoms with Crippen molar-refractivity contribution in [3.8, 4) is 0 Å². The lowest BCUT2D eigenvalue weighted by Crippen LogP contribution is -2.36. The number of hydrogen-bond donors (Lipinski definition) is 3. The molecule has 0 unspecified atom stereocenters. The third-order valence-corrected chi connectivity index (χ3v) is 5.09. The number of carbonyl (C=O) groups excluding carboxylic acids is 2. The number of fused-ring (bicyclic) bond motifs is 1. The predicted octanol–water partition coefficient (Wildman–Crippen LogP) is 3.50. The highest BCUT2D eigenvalue weighted by Gasteiger charge is 2.17. The summed E-state index contributed by atoms with van der Waals surface area (Å²) in [4.78, 5) is 25.8. The number of nitrogens with one attached hydrogen (secondary N) is 3. The van der Waals surface area contributed by atoms with Crippen molar-refractivity contribution in [3.63, 3.8) is 0 Å². The van der Waals surface area contributed by atoms with Crippen LogP contribution in [0.3, 0.4) is 0 Å². The largest absolute Gasteiger partial charge is 0.333 e. The molecule has 0 spiro atoms. The predicted molar refractivity (Wildman–Crippen MR) is 96.2 cm³/mol. The second-order valence-electron chi connectivity index (χ2n) is 6.03. The van der Waals surface area contributed by atoms with Gasteiger partial charge in [-0.3, -0.25) is 4.79 Å². The van der Waals surface area contributed by atoms with Crippen LogP contribution in [0, 0.1) is 6.92 Å². The number of aryl methyl sites for hydroxylation is 2. The molecule has 3 amide bonds. The molecule has 0 saturated heterocycles. The van der Waals surface area contributed by atoms with Gasteiger partial charge in [-0.2, -0.15) is 0 Å². The standard InChI is InChI=1S/C18H21N3O2S/c1-11-3-6-15(24-11)10-19-18(23)20-12(2)13-4-7-16-14(9-13)5-8-17(22)21-16/h3-4,6-7,9,12H,5,8,10H2,1-2H3,(H,21,22)(H2,19,20,23)/t12-/m1/s1. The zero-order valence-corrected chi connectivity index (χ0v) is 14.6. The van der Waals surface area contributed by atoms with E-state index in [1.807, 2.05) is 31.2 Å². The zero-order valence-electron chi connectivity index (χ0n) is 13.8. The lowest BCUT2D eigenvalue weighted by atomic mass is 9.98. The molecule has 1 aromatic heterocycles. The number of benzene rings is 1. The lowest BCUT2D eigenvalue weighted by Gasteiger charge is -2.20. The van der Waals surface area contributed by atoms with Crippen molar-refractivity contribution in [3.05, 3.63) is 51.2 Å². The number of amides is 3. The van der Waals surface area contributed by atoms with Crippen molar-refractivity contribution in [1.29, 1.82) is 0 Å².